The molecule has 0 saturated carbocycles. The second-order valence-corrected chi connectivity index (χ2v) is 1.16. The molecule has 32 valence electrons. The van der Waals surface area contributed by atoms with Gasteiger partial charge in [0, 0.05) is 6.92 Å². The molecule has 0 aromatic carbocycles. The molecule has 1 heterocycles. The van der Waals surface area contributed by atoms with Crippen LogP contribution >= 0.6 is 0 Å². The van der Waals surface area contributed by atoms with Crippen LogP contribution < -0.4 is 0 Å². The molecule has 0 N–H and O–H groups in total. The maximum absolute atomic E-state index is 10.0. The highest BCUT2D eigenvalue weighted by Crippen LogP contribution is 2.12. The average molecular weight is 84.1 g/mol. The van der Waals surface area contributed by atoms with Crippen LogP contribution in [0.15, 0.2) is 12.0 Å². The van der Waals surface area contributed by atoms with Crippen molar-refractivity contribution in [3.05, 3.63) is 12.0 Å². The van der Waals surface area contributed by atoms with Gasteiger partial charge in [-0.3, -0.25) is 4.79 Å². The van der Waals surface area contributed by atoms with Crippen molar-refractivity contribution in [1.29, 1.82) is 0 Å². The molecule has 2 heteroatoms. The third kappa shape index (κ3) is 0.407. The molecule has 0 fully saturated rings. The summed E-state index contributed by atoms with van der Waals surface area (Å²) in [6, 6.07) is 0. The Morgan fingerprint density at radius 1 is 2.00 bits per heavy atom. The van der Waals surface area contributed by atoms with Gasteiger partial charge >= 0.3 is 0 Å². The minimum Gasteiger partial charge on any atom is -0.454 e. The Morgan fingerprint density at radius 2 is 2.50 bits per heavy atom. The molecule has 6 heavy (non-hydrogen) atoms. The maximum Gasteiger partial charge on any atom is 0.204 e. The maximum atomic E-state index is 10.0. The molecule has 0 spiro atoms. The summed E-state index contributed by atoms with van der Waals surface area (Å²) in [5.74, 6) is 0.505. The van der Waals surface area contributed by atoms with E-state index in [2.05, 4.69) is 4.74 Å². The van der Waals surface area contributed by atoms with E-state index in [0.717, 1.165) is 0 Å². The van der Waals surface area contributed by atoms with Crippen LogP contribution in [0.1, 0.15) is 6.92 Å². The minimum absolute atomic E-state index is 0.00926. The zero-order valence-electron chi connectivity index (χ0n) is 3.39. The van der Waals surface area contributed by atoms with Gasteiger partial charge in [0.25, 0.3) is 0 Å². The van der Waals surface area contributed by atoms with Gasteiger partial charge < -0.3 is 4.74 Å². The number of allylic oxidation sites excluding steroid dienone is 1. The van der Waals surface area contributed by atoms with Crippen molar-refractivity contribution in [3.8, 4) is 0 Å². The van der Waals surface area contributed by atoms with Crippen molar-refractivity contribution in [1.82, 2.24) is 0 Å². The molecule has 0 bridgehead atoms. The summed E-state index contributed by atoms with van der Waals surface area (Å²) in [5, 5.41) is 0. The van der Waals surface area contributed by atoms with Gasteiger partial charge in [0.1, 0.15) is 6.26 Å². The second-order valence-electron chi connectivity index (χ2n) is 1.16. The summed E-state index contributed by atoms with van der Waals surface area (Å²) < 4.78 is 4.41. The van der Waals surface area contributed by atoms with E-state index in [9.17, 15) is 4.79 Å². The Labute approximate surface area is 35.4 Å². The van der Waals surface area contributed by atoms with E-state index < -0.39 is 0 Å². The van der Waals surface area contributed by atoms with Crippen molar-refractivity contribution in [3.63, 3.8) is 0 Å². The topological polar surface area (TPSA) is 29.6 Å². The van der Waals surface area contributed by atoms with Crippen LogP contribution in [0.25, 0.3) is 0 Å². The minimum atomic E-state index is 0.00926. The number of carbonyl (C=O) groups excluding carboxylic acids is 1. The van der Waals surface area contributed by atoms with Gasteiger partial charge in [-0.1, -0.05) is 0 Å². The third-order valence-electron chi connectivity index (χ3n) is 0.583. The van der Waals surface area contributed by atoms with Gasteiger partial charge in [-0.25, -0.2) is 0 Å². The van der Waals surface area contributed by atoms with Crippen molar-refractivity contribution in [2.75, 3.05) is 0 Å². The van der Waals surface area contributed by atoms with Gasteiger partial charge in [0.15, 0.2) is 5.78 Å². The van der Waals surface area contributed by atoms with Crippen LogP contribution in [-0.2, 0) is 9.53 Å². The molecule has 0 amide bonds. The Morgan fingerprint density at radius 3 is 2.50 bits per heavy atom. The number of ether oxygens (including phenoxy) is 1. The largest absolute Gasteiger partial charge is 0.454 e. The Hall–Kier alpha value is -0.790. The number of ketones is 1. The Bertz CT molecular complexity index is 113. The van der Waals surface area contributed by atoms with Crippen LogP contribution in [0.5, 0.6) is 0 Å². The summed E-state index contributed by atoms with van der Waals surface area (Å²) in [5.41, 5.74) is 0. The number of carbonyl (C=O) groups is 1. The van der Waals surface area contributed by atoms with E-state index in [-0.39, 0.29) is 5.78 Å². The van der Waals surface area contributed by atoms with Crippen LogP contribution in [0.4, 0.5) is 0 Å². The fourth-order valence-electron chi connectivity index (χ4n) is 0.195. The van der Waals surface area contributed by atoms with Crippen molar-refractivity contribution < 1.29 is 9.53 Å². The second kappa shape index (κ2) is 0.834. The lowest BCUT2D eigenvalue weighted by Gasteiger charge is -1.69. The fourth-order valence-corrected chi connectivity index (χ4v) is 0.195. The zero-order chi connectivity index (χ0) is 4.57. The normalized spacial score (nSPS) is 15.2. The molecule has 1 aliphatic heterocycles. The molecule has 0 saturated heterocycles. The monoisotopic (exact) mass is 84.0 g/mol. The molecule has 1 aliphatic rings. The van der Waals surface area contributed by atoms with E-state index in [1.54, 1.807) is 0 Å². The Balaban J connectivity index is 2.52. The van der Waals surface area contributed by atoms with Crippen molar-refractivity contribution in [2.45, 2.75) is 6.92 Å². The Kier molecular flexibility index (Phi) is 0.473. The lowest BCUT2D eigenvalue weighted by atomic mass is 10.4. The van der Waals surface area contributed by atoms with Gasteiger partial charge in [0.05, 0.1) is 0 Å². The molecule has 0 aromatic heterocycles. The molecule has 0 aliphatic carbocycles. The van der Waals surface area contributed by atoms with E-state index in [1.165, 1.54) is 13.2 Å². The summed E-state index contributed by atoms with van der Waals surface area (Å²) in [7, 11) is 0. The van der Waals surface area contributed by atoms with Gasteiger partial charge in [-0.2, -0.15) is 0 Å². The SMILES string of the molecule is CC(=O)C1=CO1. The van der Waals surface area contributed by atoms with Crippen LogP contribution in [0, 0.1) is 0 Å². The molecular formula is C4H4O2. The lowest BCUT2D eigenvalue weighted by molar-refractivity contribution is -0.114. The first-order valence-electron chi connectivity index (χ1n) is 1.68. The molecule has 0 unspecified atom stereocenters. The highest BCUT2D eigenvalue weighted by molar-refractivity contribution is 5.93. The van der Waals surface area contributed by atoms with Crippen LogP contribution in [0.3, 0.4) is 0 Å². The van der Waals surface area contributed by atoms with Gasteiger partial charge in [-0.15, -0.1) is 0 Å². The third-order valence-corrected chi connectivity index (χ3v) is 0.583. The predicted molar refractivity (Wildman–Crippen MR) is 19.8 cm³/mol. The first-order valence-corrected chi connectivity index (χ1v) is 1.68. The molecule has 1 rings (SSSR count). The molecule has 0 aromatic rings. The fraction of sp³-hybridized carbons (Fsp3) is 0.250. The summed E-state index contributed by atoms with van der Waals surface area (Å²) in [6.07, 6.45) is 1.43. The quantitative estimate of drug-likeness (QED) is 0.461. The van der Waals surface area contributed by atoms with Crippen LogP contribution in [-0.4, -0.2) is 5.78 Å². The highest BCUT2D eigenvalue weighted by Gasteiger charge is 2.13. The van der Waals surface area contributed by atoms with Gasteiger partial charge in [-0.05, 0) is 0 Å². The first-order chi connectivity index (χ1) is 2.80. The molecule has 0 atom stereocenters. The van der Waals surface area contributed by atoms with Crippen molar-refractivity contribution >= 4 is 5.78 Å². The van der Waals surface area contributed by atoms with E-state index in [0.29, 0.717) is 5.76 Å². The van der Waals surface area contributed by atoms with Gasteiger partial charge in [0.2, 0.25) is 5.76 Å². The van der Waals surface area contributed by atoms with Crippen molar-refractivity contribution in [2.24, 2.45) is 0 Å². The number of rotatable bonds is 1. The molecular weight excluding hydrogens is 80.0 g/mol. The van der Waals surface area contributed by atoms with E-state index in [1.807, 2.05) is 0 Å². The number of hydrogen-bond donors (Lipinski definition) is 0. The van der Waals surface area contributed by atoms with E-state index in [4.69, 9.17) is 0 Å². The average Bonchev–Trinajstić information content (AvgIpc) is 2.06. The summed E-state index contributed by atoms with van der Waals surface area (Å²) in [4.78, 5) is 10.0. The van der Waals surface area contributed by atoms with E-state index >= 15 is 0 Å². The highest BCUT2D eigenvalue weighted by atomic mass is 16.5. The first kappa shape index (κ1) is 3.40. The lowest BCUT2D eigenvalue weighted by Crippen LogP contribution is -1.81. The van der Waals surface area contributed by atoms with Crippen LogP contribution in [0.2, 0.25) is 0 Å². The number of hydrogen-bond acceptors (Lipinski definition) is 2. The summed E-state index contributed by atoms with van der Waals surface area (Å²) >= 11 is 0. The summed E-state index contributed by atoms with van der Waals surface area (Å²) in [6.45, 7) is 1.47. The molecule has 0 radical (unpaired) electrons. The standard InChI is InChI=1S/C4H4O2/c1-3(5)4-2-6-4/h2H,1H3. The smallest absolute Gasteiger partial charge is 0.204 e. The zero-order valence-corrected chi connectivity index (χ0v) is 3.39. The predicted octanol–water partition coefficient (Wildman–Crippen LogP) is 0.447. The molecule has 2 nitrogen and oxygen atoms in total. The number of Topliss-reactive ketones (excluding diaryl/α,β-unsaturated/α-hetero) is 1.